The number of carbonyl (C=O) groups is 3. The van der Waals surface area contributed by atoms with Crippen molar-refractivity contribution < 1.29 is 33.0 Å². The molecule has 178 valence electrons. The maximum Gasteiger partial charge on any atom is 0.408 e. The van der Waals surface area contributed by atoms with Crippen LogP contribution in [0.3, 0.4) is 0 Å². The smallest absolute Gasteiger partial charge is 0.408 e. The molecule has 2 aromatic carbocycles. The lowest BCUT2D eigenvalue weighted by Gasteiger charge is -2.28. The van der Waals surface area contributed by atoms with Gasteiger partial charge < -0.3 is 19.5 Å². The number of hydrogen-bond donors (Lipinski definition) is 1. The van der Waals surface area contributed by atoms with Crippen LogP contribution in [0.25, 0.3) is 0 Å². The Labute approximate surface area is 193 Å². The van der Waals surface area contributed by atoms with Gasteiger partial charge in [-0.25, -0.2) is 18.8 Å². The first-order chi connectivity index (χ1) is 15.3. The standard InChI is InChI=1S/C25H30FNO6/c1-16(27-23(30)33-24(2,3)4)21(28)32-25(5,6)18-12-13-19(20(26)14-18)22(29)31-15-17-10-8-7-9-11-17/h7-14,16H,15H2,1-6H3,(H,27,30). The van der Waals surface area contributed by atoms with Crippen molar-refractivity contribution in [2.45, 2.75) is 65.4 Å². The van der Waals surface area contributed by atoms with Crippen LogP contribution < -0.4 is 5.32 Å². The number of amides is 1. The van der Waals surface area contributed by atoms with Gasteiger partial charge in [-0.3, -0.25) is 0 Å². The first-order valence-electron chi connectivity index (χ1n) is 10.5. The van der Waals surface area contributed by atoms with E-state index in [-0.39, 0.29) is 12.2 Å². The van der Waals surface area contributed by atoms with Crippen molar-refractivity contribution in [1.29, 1.82) is 0 Å². The van der Waals surface area contributed by atoms with E-state index in [1.54, 1.807) is 46.8 Å². The third-order valence-corrected chi connectivity index (χ3v) is 4.54. The van der Waals surface area contributed by atoms with E-state index in [1.807, 2.05) is 18.2 Å². The molecule has 2 aromatic rings. The number of benzene rings is 2. The van der Waals surface area contributed by atoms with Crippen molar-refractivity contribution in [3.63, 3.8) is 0 Å². The summed E-state index contributed by atoms with van der Waals surface area (Å²) >= 11 is 0. The minimum atomic E-state index is -1.23. The van der Waals surface area contributed by atoms with E-state index in [4.69, 9.17) is 14.2 Å². The van der Waals surface area contributed by atoms with E-state index in [9.17, 15) is 18.8 Å². The number of alkyl carbamates (subject to hydrolysis) is 1. The molecule has 0 bridgehead atoms. The van der Waals surface area contributed by atoms with Crippen molar-refractivity contribution in [1.82, 2.24) is 5.32 Å². The molecular weight excluding hydrogens is 429 g/mol. The van der Waals surface area contributed by atoms with Gasteiger partial charge in [-0.05, 0) is 64.8 Å². The molecule has 7 nitrogen and oxygen atoms in total. The second-order valence-corrected chi connectivity index (χ2v) is 9.06. The SMILES string of the molecule is CC(NC(=O)OC(C)(C)C)C(=O)OC(C)(C)c1ccc(C(=O)OCc2ccccc2)c(F)c1. The summed E-state index contributed by atoms with van der Waals surface area (Å²) in [5, 5.41) is 2.40. The summed E-state index contributed by atoms with van der Waals surface area (Å²) in [5.74, 6) is -2.32. The third kappa shape index (κ3) is 7.89. The quantitative estimate of drug-likeness (QED) is 0.469. The Morgan fingerprint density at radius 3 is 2.18 bits per heavy atom. The summed E-state index contributed by atoms with van der Waals surface area (Å²) < 4.78 is 30.4. The average Bonchev–Trinajstić information content (AvgIpc) is 2.70. The summed E-state index contributed by atoms with van der Waals surface area (Å²) in [4.78, 5) is 36.6. The Morgan fingerprint density at radius 2 is 1.61 bits per heavy atom. The first-order valence-corrected chi connectivity index (χ1v) is 10.5. The largest absolute Gasteiger partial charge is 0.457 e. The predicted octanol–water partition coefficient (Wildman–Crippen LogP) is 4.87. The lowest BCUT2D eigenvalue weighted by atomic mass is 9.96. The van der Waals surface area contributed by atoms with Crippen molar-refractivity contribution in [2.24, 2.45) is 0 Å². The van der Waals surface area contributed by atoms with Gasteiger partial charge in [-0.15, -0.1) is 0 Å². The van der Waals surface area contributed by atoms with E-state index in [0.717, 1.165) is 11.6 Å². The number of carbonyl (C=O) groups excluding carboxylic acids is 3. The molecule has 0 fully saturated rings. The fourth-order valence-electron chi connectivity index (χ4n) is 2.80. The average molecular weight is 460 g/mol. The van der Waals surface area contributed by atoms with E-state index >= 15 is 0 Å². The molecule has 0 aliphatic carbocycles. The van der Waals surface area contributed by atoms with Crippen LogP contribution in [0.2, 0.25) is 0 Å². The number of ether oxygens (including phenoxy) is 3. The topological polar surface area (TPSA) is 90.9 Å². The molecule has 0 saturated carbocycles. The Hall–Kier alpha value is -3.42. The van der Waals surface area contributed by atoms with Crippen molar-refractivity contribution in [3.05, 3.63) is 71.0 Å². The second kappa shape index (κ2) is 10.5. The summed E-state index contributed by atoms with van der Waals surface area (Å²) in [5.41, 5.74) is -1.05. The third-order valence-electron chi connectivity index (χ3n) is 4.54. The van der Waals surface area contributed by atoms with Gasteiger partial charge >= 0.3 is 18.0 Å². The molecule has 1 unspecified atom stereocenters. The molecule has 1 amide bonds. The molecule has 0 aromatic heterocycles. The van der Waals surface area contributed by atoms with Crippen molar-refractivity contribution in [2.75, 3.05) is 0 Å². The molecule has 2 rings (SSSR count). The maximum absolute atomic E-state index is 14.7. The highest BCUT2D eigenvalue weighted by Gasteiger charge is 2.30. The highest BCUT2D eigenvalue weighted by molar-refractivity contribution is 5.89. The monoisotopic (exact) mass is 459 g/mol. The fourth-order valence-corrected chi connectivity index (χ4v) is 2.80. The highest BCUT2D eigenvalue weighted by atomic mass is 19.1. The van der Waals surface area contributed by atoms with Gasteiger partial charge in [0.25, 0.3) is 0 Å². The Bertz CT molecular complexity index is 998. The molecule has 0 radical (unpaired) electrons. The number of hydrogen-bond acceptors (Lipinski definition) is 6. The Kier molecular flexibility index (Phi) is 8.19. The van der Waals surface area contributed by atoms with Crippen LogP contribution >= 0.6 is 0 Å². The second-order valence-electron chi connectivity index (χ2n) is 9.06. The van der Waals surface area contributed by atoms with E-state index in [0.29, 0.717) is 5.56 Å². The van der Waals surface area contributed by atoms with Gasteiger partial charge in [-0.1, -0.05) is 36.4 Å². The minimum absolute atomic E-state index is 0.0203. The van der Waals surface area contributed by atoms with Crippen LogP contribution in [0, 0.1) is 5.82 Å². The minimum Gasteiger partial charge on any atom is -0.457 e. The zero-order valence-electron chi connectivity index (χ0n) is 19.7. The van der Waals surface area contributed by atoms with Crippen LogP contribution in [-0.2, 0) is 31.2 Å². The molecule has 1 atom stereocenters. The number of rotatable bonds is 7. The van der Waals surface area contributed by atoms with E-state index < -0.39 is 41.1 Å². The maximum atomic E-state index is 14.7. The molecule has 0 aliphatic heterocycles. The zero-order valence-corrected chi connectivity index (χ0v) is 19.7. The van der Waals surface area contributed by atoms with Crippen LogP contribution in [0.1, 0.15) is 63.0 Å². The van der Waals surface area contributed by atoms with Crippen LogP contribution in [0.15, 0.2) is 48.5 Å². The Morgan fingerprint density at radius 1 is 0.970 bits per heavy atom. The lowest BCUT2D eigenvalue weighted by Crippen LogP contribution is -2.44. The van der Waals surface area contributed by atoms with Gasteiger partial charge in [0.1, 0.15) is 29.7 Å². The van der Waals surface area contributed by atoms with Gasteiger partial charge in [0, 0.05) is 0 Å². The van der Waals surface area contributed by atoms with Crippen LogP contribution in [0.5, 0.6) is 0 Å². The number of halogens is 1. The molecule has 8 heteroatoms. The first kappa shape index (κ1) is 25.8. The van der Waals surface area contributed by atoms with E-state index in [2.05, 4.69) is 5.32 Å². The van der Waals surface area contributed by atoms with Gasteiger partial charge in [0.15, 0.2) is 0 Å². The molecule has 0 aliphatic rings. The van der Waals surface area contributed by atoms with Crippen molar-refractivity contribution >= 4 is 18.0 Å². The fraction of sp³-hybridized carbons (Fsp3) is 0.400. The van der Waals surface area contributed by atoms with Gasteiger partial charge in [0.05, 0.1) is 5.56 Å². The van der Waals surface area contributed by atoms with Crippen LogP contribution in [-0.4, -0.2) is 29.7 Å². The van der Waals surface area contributed by atoms with E-state index in [1.165, 1.54) is 19.1 Å². The number of esters is 2. The van der Waals surface area contributed by atoms with Crippen LogP contribution in [0.4, 0.5) is 9.18 Å². The normalized spacial score (nSPS) is 12.5. The predicted molar refractivity (Wildman–Crippen MR) is 120 cm³/mol. The molecule has 0 saturated heterocycles. The lowest BCUT2D eigenvalue weighted by molar-refractivity contribution is -0.159. The van der Waals surface area contributed by atoms with Gasteiger partial charge in [0.2, 0.25) is 0 Å². The molecule has 0 spiro atoms. The zero-order chi connectivity index (χ0) is 24.8. The summed E-state index contributed by atoms with van der Waals surface area (Å²) in [7, 11) is 0. The highest BCUT2D eigenvalue weighted by Crippen LogP contribution is 2.27. The Balaban J connectivity index is 2.02. The summed E-state index contributed by atoms with van der Waals surface area (Å²) in [6, 6.07) is 12.0. The molecule has 33 heavy (non-hydrogen) atoms. The van der Waals surface area contributed by atoms with Crippen molar-refractivity contribution in [3.8, 4) is 0 Å². The summed E-state index contributed by atoms with van der Waals surface area (Å²) in [6.07, 6.45) is -0.755. The summed E-state index contributed by atoms with van der Waals surface area (Å²) in [6.45, 7) is 9.73. The molecule has 1 N–H and O–H groups in total. The van der Waals surface area contributed by atoms with Gasteiger partial charge in [-0.2, -0.15) is 0 Å². The molecular formula is C25H30FNO6. The number of nitrogens with one attached hydrogen (secondary N) is 1. The molecule has 0 heterocycles.